The van der Waals surface area contributed by atoms with E-state index in [1.54, 1.807) is 19.2 Å². The van der Waals surface area contributed by atoms with Crippen LogP contribution in [0.4, 0.5) is 17.1 Å². The van der Waals surface area contributed by atoms with Crippen LogP contribution in [0.15, 0.2) is 36.4 Å². The van der Waals surface area contributed by atoms with Gasteiger partial charge in [0.25, 0.3) is 5.91 Å². The second kappa shape index (κ2) is 9.38. The number of fused-ring (bicyclic) bond motifs is 1. The van der Waals surface area contributed by atoms with E-state index in [0.717, 1.165) is 5.69 Å². The lowest BCUT2D eigenvalue weighted by Crippen LogP contribution is -2.41. The van der Waals surface area contributed by atoms with Crippen LogP contribution in [0.3, 0.4) is 0 Å². The molecule has 3 rings (SSSR count). The van der Waals surface area contributed by atoms with Gasteiger partial charge in [-0.1, -0.05) is 6.07 Å². The molecule has 0 aromatic heterocycles. The summed E-state index contributed by atoms with van der Waals surface area (Å²) in [5.74, 6) is -0.230. The minimum atomic E-state index is -0.849. The van der Waals surface area contributed by atoms with E-state index in [4.69, 9.17) is 4.74 Å². The zero-order chi connectivity index (χ0) is 22.5. The van der Waals surface area contributed by atoms with Gasteiger partial charge in [0.1, 0.15) is 11.8 Å². The number of hydrogen-bond donors (Lipinski definition) is 3. The standard InChI is InChI=1S/C22H26N4O5/c1-23-18-12-17-15(11-19(18)31-14-7-5-6-13(10-14)26(2)3)21(28)24-16(22(29)25-17)8-9-20(27)30-4/h5-7,10-12,16,23H,8-9H2,1-4H3,(H,24,28)(H,25,29)/t16-/m1/s1. The number of carbonyl (C=O) groups is 3. The lowest BCUT2D eigenvalue weighted by atomic mass is 10.1. The van der Waals surface area contributed by atoms with Gasteiger partial charge in [-0.05, 0) is 30.7 Å². The molecular formula is C22H26N4O5. The summed E-state index contributed by atoms with van der Waals surface area (Å²) in [5, 5.41) is 8.47. The number of esters is 1. The number of carbonyl (C=O) groups excluding carboxylic acids is 3. The van der Waals surface area contributed by atoms with Gasteiger partial charge >= 0.3 is 5.97 Å². The molecule has 164 valence electrons. The van der Waals surface area contributed by atoms with E-state index in [9.17, 15) is 14.4 Å². The van der Waals surface area contributed by atoms with Crippen molar-refractivity contribution in [1.29, 1.82) is 0 Å². The Morgan fingerprint density at radius 3 is 2.65 bits per heavy atom. The van der Waals surface area contributed by atoms with Crippen molar-refractivity contribution in [2.45, 2.75) is 18.9 Å². The average Bonchev–Trinajstić information content (AvgIpc) is 2.87. The molecule has 1 atom stereocenters. The van der Waals surface area contributed by atoms with Crippen LogP contribution in [-0.4, -0.2) is 52.1 Å². The zero-order valence-electron chi connectivity index (χ0n) is 17.9. The summed E-state index contributed by atoms with van der Waals surface area (Å²) < 4.78 is 10.7. The van der Waals surface area contributed by atoms with Crippen molar-refractivity contribution >= 4 is 34.8 Å². The molecule has 1 aliphatic heterocycles. The number of methoxy groups -OCH3 is 1. The van der Waals surface area contributed by atoms with Crippen LogP contribution >= 0.6 is 0 Å². The van der Waals surface area contributed by atoms with E-state index in [1.165, 1.54) is 7.11 Å². The average molecular weight is 426 g/mol. The molecule has 1 heterocycles. The van der Waals surface area contributed by atoms with Crippen molar-refractivity contribution in [3.05, 3.63) is 42.0 Å². The molecule has 0 spiro atoms. The number of nitrogens with one attached hydrogen (secondary N) is 3. The van der Waals surface area contributed by atoms with Gasteiger partial charge in [-0.2, -0.15) is 0 Å². The maximum Gasteiger partial charge on any atom is 0.305 e. The SMILES string of the molecule is CNc1cc2c(cc1Oc1cccc(N(C)C)c1)C(=O)N[C@H](CCC(=O)OC)C(=O)N2. The van der Waals surface area contributed by atoms with Gasteiger partial charge in [0, 0.05) is 39.3 Å². The first-order chi connectivity index (χ1) is 14.8. The fraction of sp³-hybridized carbons (Fsp3) is 0.318. The minimum absolute atomic E-state index is 0.0174. The van der Waals surface area contributed by atoms with Crippen LogP contribution in [-0.2, 0) is 14.3 Å². The smallest absolute Gasteiger partial charge is 0.305 e. The van der Waals surface area contributed by atoms with Gasteiger partial charge in [0.2, 0.25) is 5.91 Å². The number of amides is 2. The first kappa shape index (κ1) is 21.9. The fourth-order valence-corrected chi connectivity index (χ4v) is 3.19. The zero-order valence-corrected chi connectivity index (χ0v) is 17.9. The summed E-state index contributed by atoms with van der Waals surface area (Å²) in [7, 11) is 6.87. The fourth-order valence-electron chi connectivity index (χ4n) is 3.19. The summed E-state index contributed by atoms with van der Waals surface area (Å²) in [6.45, 7) is 0. The maximum atomic E-state index is 12.8. The molecule has 0 fully saturated rings. The van der Waals surface area contributed by atoms with Crippen LogP contribution in [0.1, 0.15) is 23.2 Å². The highest BCUT2D eigenvalue weighted by Gasteiger charge is 2.29. The monoisotopic (exact) mass is 426 g/mol. The number of ether oxygens (including phenoxy) is 2. The summed E-state index contributed by atoms with van der Waals surface area (Å²) in [6, 6.07) is 9.94. The molecule has 1 aliphatic rings. The summed E-state index contributed by atoms with van der Waals surface area (Å²) in [6.07, 6.45) is 0.154. The van der Waals surface area contributed by atoms with Crippen molar-refractivity contribution in [2.75, 3.05) is 43.8 Å². The Hall–Kier alpha value is -3.75. The molecular weight excluding hydrogens is 400 g/mol. The number of rotatable bonds is 7. The van der Waals surface area contributed by atoms with Crippen LogP contribution in [0.2, 0.25) is 0 Å². The molecule has 0 radical (unpaired) electrons. The van der Waals surface area contributed by atoms with Gasteiger partial charge in [-0.15, -0.1) is 0 Å². The van der Waals surface area contributed by atoms with Crippen LogP contribution < -0.4 is 25.6 Å². The van der Waals surface area contributed by atoms with Gasteiger partial charge < -0.3 is 30.3 Å². The van der Waals surface area contributed by atoms with E-state index in [2.05, 4.69) is 20.7 Å². The summed E-state index contributed by atoms with van der Waals surface area (Å²) >= 11 is 0. The molecule has 0 saturated carbocycles. The molecule has 3 N–H and O–H groups in total. The van der Waals surface area contributed by atoms with E-state index in [-0.39, 0.29) is 18.4 Å². The third-order valence-corrected chi connectivity index (χ3v) is 4.94. The second-order valence-corrected chi connectivity index (χ2v) is 7.27. The highest BCUT2D eigenvalue weighted by atomic mass is 16.5. The molecule has 0 bridgehead atoms. The number of benzene rings is 2. The Balaban J connectivity index is 1.89. The largest absolute Gasteiger partial charge is 0.469 e. The Bertz CT molecular complexity index is 1010. The lowest BCUT2D eigenvalue weighted by Gasteiger charge is -2.17. The molecule has 9 nitrogen and oxygen atoms in total. The van der Waals surface area contributed by atoms with Crippen molar-refractivity contribution in [1.82, 2.24) is 5.32 Å². The molecule has 9 heteroatoms. The van der Waals surface area contributed by atoms with E-state index >= 15 is 0 Å². The molecule has 0 unspecified atom stereocenters. The van der Waals surface area contributed by atoms with Gasteiger partial charge in [0.15, 0.2) is 5.75 Å². The number of hydrogen-bond acceptors (Lipinski definition) is 7. The van der Waals surface area contributed by atoms with Crippen molar-refractivity contribution in [2.24, 2.45) is 0 Å². The van der Waals surface area contributed by atoms with Crippen molar-refractivity contribution in [3.8, 4) is 11.5 Å². The molecule has 31 heavy (non-hydrogen) atoms. The predicted octanol–water partition coefficient (Wildman–Crippen LogP) is 2.59. The molecule has 2 aromatic rings. The first-order valence-corrected chi connectivity index (χ1v) is 9.82. The minimum Gasteiger partial charge on any atom is -0.469 e. The molecule has 2 amide bonds. The first-order valence-electron chi connectivity index (χ1n) is 9.82. The highest BCUT2D eigenvalue weighted by molar-refractivity contribution is 6.10. The van der Waals surface area contributed by atoms with Gasteiger partial charge in [-0.25, -0.2) is 0 Å². The third kappa shape index (κ3) is 5.06. The second-order valence-electron chi connectivity index (χ2n) is 7.27. The Labute approximate surface area is 180 Å². The normalized spacial score (nSPS) is 15.2. The molecule has 2 aromatic carbocycles. The number of nitrogens with zero attached hydrogens (tertiary/aromatic N) is 1. The van der Waals surface area contributed by atoms with Gasteiger partial charge in [-0.3, -0.25) is 14.4 Å². The summed E-state index contributed by atoms with van der Waals surface area (Å²) in [5.41, 5.74) is 2.21. The predicted molar refractivity (Wildman–Crippen MR) is 118 cm³/mol. The van der Waals surface area contributed by atoms with E-state index in [1.807, 2.05) is 43.3 Å². The lowest BCUT2D eigenvalue weighted by molar-refractivity contribution is -0.140. The van der Waals surface area contributed by atoms with E-state index < -0.39 is 23.8 Å². The van der Waals surface area contributed by atoms with Crippen LogP contribution in [0.25, 0.3) is 0 Å². The molecule has 0 saturated heterocycles. The van der Waals surface area contributed by atoms with Crippen molar-refractivity contribution < 1.29 is 23.9 Å². The van der Waals surface area contributed by atoms with Crippen LogP contribution in [0.5, 0.6) is 11.5 Å². The number of anilines is 3. The van der Waals surface area contributed by atoms with E-state index in [0.29, 0.717) is 22.9 Å². The Morgan fingerprint density at radius 1 is 1.19 bits per heavy atom. The molecule has 0 aliphatic carbocycles. The van der Waals surface area contributed by atoms with Crippen LogP contribution in [0, 0.1) is 0 Å². The third-order valence-electron chi connectivity index (χ3n) is 4.94. The Kier molecular flexibility index (Phi) is 6.64. The topological polar surface area (TPSA) is 109 Å². The summed E-state index contributed by atoms with van der Waals surface area (Å²) in [4.78, 5) is 38.8. The van der Waals surface area contributed by atoms with Gasteiger partial charge in [0.05, 0.1) is 24.0 Å². The van der Waals surface area contributed by atoms with Crippen molar-refractivity contribution in [3.63, 3.8) is 0 Å². The quantitative estimate of drug-likeness (QED) is 0.584. The maximum absolute atomic E-state index is 12.8. The Morgan fingerprint density at radius 2 is 1.97 bits per heavy atom. The highest BCUT2D eigenvalue weighted by Crippen LogP contribution is 2.36.